The zero-order valence-corrected chi connectivity index (χ0v) is 14.3. The zero-order chi connectivity index (χ0) is 16.4. The molecule has 3 rings (SSSR count). The van der Waals surface area contributed by atoms with Crippen LogP contribution >= 0.6 is 24.0 Å². The highest BCUT2D eigenvalue weighted by Gasteiger charge is 2.34. The molecule has 2 heterocycles. The Hall–Kier alpha value is -1.57. The van der Waals surface area contributed by atoms with Gasteiger partial charge in [-0.2, -0.15) is 0 Å². The SMILES string of the molecule is COc1cc(C=C2SC(=S)N(CC3CCCO3)C2=O)ccc1O. The van der Waals surface area contributed by atoms with Crippen LogP contribution in [0.15, 0.2) is 23.1 Å². The molecule has 5 nitrogen and oxygen atoms in total. The number of ether oxygens (including phenoxy) is 2. The lowest BCUT2D eigenvalue weighted by Gasteiger charge is -2.18. The summed E-state index contributed by atoms with van der Waals surface area (Å²) in [7, 11) is 1.49. The number of hydrogen-bond donors (Lipinski definition) is 1. The maximum absolute atomic E-state index is 12.5. The molecule has 122 valence electrons. The van der Waals surface area contributed by atoms with Crippen molar-refractivity contribution in [2.75, 3.05) is 20.3 Å². The summed E-state index contributed by atoms with van der Waals surface area (Å²) < 4.78 is 11.2. The third-order valence-electron chi connectivity index (χ3n) is 3.79. The lowest BCUT2D eigenvalue weighted by atomic mass is 10.2. The molecule has 2 aliphatic heterocycles. The van der Waals surface area contributed by atoms with E-state index in [1.54, 1.807) is 23.1 Å². The highest BCUT2D eigenvalue weighted by molar-refractivity contribution is 8.26. The van der Waals surface area contributed by atoms with Crippen LogP contribution in [-0.2, 0) is 9.53 Å². The monoisotopic (exact) mass is 351 g/mol. The molecule has 1 aromatic rings. The molecule has 1 unspecified atom stereocenters. The Bertz CT molecular complexity index is 668. The Morgan fingerprint density at radius 1 is 1.57 bits per heavy atom. The van der Waals surface area contributed by atoms with Gasteiger partial charge < -0.3 is 14.6 Å². The fourth-order valence-corrected chi connectivity index (χ4v) is 3.86. The number of nitrogens with zero attached hydrogens (tertiary/aromatic N) is 1. The molecule has 1 aromatic carbocycles. The highest BCUT2D eigenvalue weighted by Crippen LogP contribution is 2.35. The zero-order valence-electron chi connectivity index (χ0n) is 12.7. The number of phenolic OH excluding ortho intramolecular Hbond substituents is 1. The maximum atomic E-state index is 12.5. The summed E-state index contributed by atoms with van der Waals surface area (Å²) in [6.45, 7) is 1.27. The molecule has 0 spiro atoms. The van der Waals surface area contributed by atoms with Crippen LogP contribution < -0.4 is 4.74 Å². The van der Waals surface area contributed by atoms with Gasteiger partial charge in [0.2, 0.25) is 0 Å². The number of benzene rings is 1. The van der Waals surface area contributed by atoms with Crippen LogP contribution in [0.25, 0.3) is 6.08 Å². The van der Waals surface area contributed by atoms with Gasteiger partial charge in [-0.25, -0.2) is 0 Å². The van der Waals surface area contributed by atoms with E-state index in [4.69, 9.17) is 21.7 Å². The number of aromatic hydroxyl groups is 1. The van der Waals surface area contributed by atoms with Gasteiger partial charge in [0.25, 0.3) is 5.91 Å². The number of carbonyl (C=O) groups is 1. The first-order valence-corrected chi connectivity index (χ1v) is 8.55. The number of methoxy groups -OCH3 is 1. The molecule has 0 aliphatic carbocycles. The van der Waals surface area contributed by atoms with Crippen molar-refractivity contribution in [2.45, 2.75) is 18.9 Å². The molecule has 2 saturated heterocycles. The van der Waals surface area contributed by atoms with Gasteiger partial charge >= 0.3 is 0 Å². The number of hydrogen-bond acceptors (Lipinski definition) is 6. The quantitative estimate of drug-likeness (QED) is 0.665. The first kappa shape index (κ1) is 16.3. The number of thiocarbonyl (C=S) groups is 1. The van der Waals surface area contributed by atoms with E-state index < -0.39 is 0 Å². The minimum atomic E-state index is -0.0949. The van der Waals surface area contributed by atoms with E-state index in [2.05, 4.69) is 0 Å². The number of thioether (sulfide) groups is 1. The Morgan fingerprint density at radius 3 is 3.09 bits per heavy atom. The summed E-state index contributed by atoms with van der Waals surface area (Å²) in [4.78, 5) is 14.7. The van der Waals surface area contributed by atoms with Crippen LogP contribution in [0.2, 0.25) is 0 Å². The van der Waals surface area contributed by atoms with Gasteiger partial charge in [0, 0.05) is 6.61 Å². The number of rotatable bonds is 4. The normalized spacial score (nSPS) is 23.1. The second-order valence-electron chi connectivity index (χ2n) is 5.36. The smallest absolute Gasteiger partial charge is 0.266 e. The summed E-state index contributed by atoms with van der Waals surface area (Å²) in [5.41, 5.74) is 0.775. The molecule has 7 heteroatoms. The van der Waals surface area contributed by atoms with Crippen molar-refractivity contribution >= 4 is 40.3 Å². The lowest BCUT2D eigenvalue weighted by molar-refractivity contribution is -0.123. The minimum absolute atomic E-state index is 0.0654. The summed E-state index contributed by atoms with van der Waals surface area (Å²) in [5.74, 6) is 0.340. The summed E-state index contributed by atoms with van der Waals surface area (Å²) in [6.07, 6.45) is 3.83. The van der Waals surface area contributed by atoms with Crippen molar-refractivity contribution in [1.82, 2.24) is 4.90 Å². The van der Waals surface area contributed by atoms with E-state index in [0.717, 1.165) is 25.0 Å². The van der Waals surface area contributed by atoms with Gasteiger partial charge in [0.05, 0.1) is 24.7 Å². The summed E-state index contributed by atoms with van der Waals surface area (Å²) in [5, 5.41) is 9.63. The average Bonchev–Trinajstić information content (AvgIpc) is 3.14. The lowest BCUT2D eigenvalue weighted by Crippen LogP contribution is -2.35. The number of phenols is 1. The Labute approximate surface area is 144 Å². The van der Waals surface area contributed by atoms with Crippen LogP contribution in [0.1, 0.15) is 18.4 Å². The van der Waals surface area contributed by atoms with Gasteiger partial charge in [-0.3, -0.25) is 9.69 Å². The molecule has 0 bridgehead atoms. The van der Waals surface area contributed by atoms with Crippen molar-refractivity contribution in [2.24, 2.45) is 0 Å². The molecule has 1 amide bonds. The molecular weight excluding hydrogens is 334 g/mol. The van der Waals surface area contributed by atoms with Crippen LogP contribution in [0, 0.1) is 0 Å². The highest BCUT2D eigenvalue weighted by atomic mass is 32.2. The van der Waals surface area contributed by atoms with Crippen LogP contribution in [0.4, 0.5) is 0 Å². The molecule has 2 aliphatic rings. The van der Waals surface area contributed by atoms with Crippen molar-refractivity contribution in [3.8, 4) is 11.5 Å². The number of carbonyl (C=O) groups excluding carboxylic acids is 1. The molecule has 1 atom stereocenters. The van der Waals surface area contributed by atoms with Gasteiger partial charge in [-0.05, 0) is 36.6 Å². The van der Waals surface area contributed by atoms with Crippen molar-refractivity contribution in [1.29, 1.82) is 0 Å². The van der Waals surface area contributed by atoms with Crippen molar-refractivity contribution in [3.63, 3.8) is 0 Å². The molecule has 1 N–H and O–H groups in total. The fourth-order valence-electron chi connectivity index (χ4n) is 2.58. The topological polar surface area (TPSA) is 59.0 Å². The summed E-state index contributed by atoms with van der Waals surface area (Å²) in [6, 6.07) is 4.95. The largest absolute Gasteiger partial charge is 0.504 e. The van der Waals surface area contributed by atoms with Gasteiger partial charge in [0.15, 0.2) is 11.5 Å². The maximum Gasteiger partial charge on any atom is 0.266 e. The van der Waals surface area contributed by atoms with E-state index >= 15 is 0 Å². The second kappa shape index (κ2) is 6.90. The molecular formula is C16H17NO4S2. The number of amides is 1. The molecule has 0 aromatic heterocycles. The van der Waals surface area contributed by atoms with E-state index in [9.17, 15) is 9.90 Å². The Morgan fingerprint density at radius 2 is 2.39 bits per heavy atom. The van der Waals surface area contributed by atoms with Gasteiger partial charge in [0.1, 0.15) is 4.32 Å². The molecule has 2 fully saturated rings. The fraction of sp³-hybridized carbons (Fsp3) is 0.375. The third-order valence-corrected chi connectivity index (χ3v) is 5.16. The van der Waals surface area contributed by atoms with Crippen LogP contribution in [-0.4, -0.2) is 46.6 Å². The first-order chi connectivity index (χ1) is 11.1. The van der Waals surface area contributed by atoms with E-state index in [0.29, 0.717) is 21.5 Å². The predicted octanol–water partition coefficient (Wildman–Crippen LogP) is 2.78. The van der Waals surface area contributed by atoms with Gasteiger partial charge in [-0.1, -0.05) is 30.0 Å². The van der Waals surface area contributed by atoms with Crippen LogP contribution in [0.5, 0.6) is 11.5 Å². The van der Waals surface area contributed by atoms with Crippen LogP contribution in [0.3, 0.4) is 0 Å². The van der Waals surface area contributed by atoms with Crippen molar-refractivity contribution < 1.29 is 19.4 Å². The van der Waals surface area contributed by atoms with E-state index in [1.165, 1.54) is 24.9 Å². The first-order valence-electron chi connectivity index (χ1n) is 7.32. The predicted molar refractivity (Wildman–Crippen MR) is 93.5 cm³/mol. The third kappa shape index (κ3) is 3.52. The second-order valence-corrected chi connectivity index (χ2v) is 7.03. The Kier molecular flexibility index (Phi) is 4.89. The molecule has 0 saturated carbocycles. The standard InChI is InChI=1S/C16H17NO4S2/c1-20-13-7-10(4-5-12(13)18)8-14-15(19)17(16(22)23-14)9-11-3-2-6-21-11/h4-5,7-8,11,18H,2-3,6,9H2,1H3. The Balaban J connectivity index is 1.78. The van der Waals surface area contributed by atoms with E-state index in [1.807, 2.05) is 0 Å². The molecule has 23 heavy (non-hydrogen) atoms. The minimum Gasteiger partial charge on any atom is -0.504 e. The van der Waals surface area contributed by atoms with Crippen molar-refractivity contribution in [3.05, 3.63) is 28.7 Å². The van der Waals surface area contributed by atoms with E-state index in [-0.39, 0.29) is 17.8 Å². The molecule has 0 radical (unpaired) electrons. The summed E-state index contributed by atoms with van der Waals surface area (Å²) >= 11 is 6.61. The van der Waals surface area contributed by atoms with Gasteiger partial charge in [-0.15, -0.1) is 0 Å². The average molecular weight is 351 g/mol.